The first-order chi connectivity index (χ1) is 6.73. The summed E-state index contributed by atoms with van der Waals surface area (Å²) in [6.07, 6.45) is 6.29. The van der Waals surface area contributed by atoms with Crippen LogP contribution in [0.2, 0.25) is 0 Å². The van der Waals surface area contributed by atoms with E-state index in [-0.39, 0.29) is 11.5 Å². The molecule has 2 rings (SSSR count). The molecule has 1 aliphatic rings. The molecule has 1 aliphatic carbocycles. The molecule has 0 radical (unpaired) electrons. The maximum absolute atomic E-state index is 9.57. The van der Waals surface area contributed by atoms with E-state index in [0.717, 1.165) is 12.8 Å². The monoisotopic (exact) mass is 188 g/mol. The van der Waals surface area contributed by atoms with Crippen LogP contribution in [0.25, 0.3) is 6.08 Å². The van der Waals surface area contributed by atoms with Crippen molar-refractivity contribution in [3.63, 3.8) is 0 Å². The molecule has 1 unspecified atom stereocenters. The lowest BCUT2D eigenvalue weighted by molar-refractivity contribution is 0.137. The molecule has 1 heteroatoms. The Hall–Kier alpha value is -1.08. The molecular weight excluding hydrogens is 172 g/mol. The highest BCUT2D eigenvalue weighted by atomic mass is 16.3. The van der Waals surface area contributed by atoms with E-state index in [1.165, 1.54) is 5.56 Å². The zero-order chi connectivity index (χ0) is 10.0. The second-order valence-electron chi connectivity index (χ2n) is 4.15. The van der Waals surface area contributed by atoms with Crippen LogP contribution in [-0.2, 0) is 0 Å². The summed E-state index contributed by atoms with van der Waals surface area (Å²) in [5.41, 5.74) is 1.29. The van der Waals surface area contributed by atoms with Crippen molar-refractivity contribution in [1.29, 1.82) is 0 Å². The summed E-state index contributed by atoms with van der Waals surface area (Å²) in [6.45, 7) is 1.88. The summed E-state index contributed by atoms with van der Waals surface area (Å²) in [6, 6.07) is 10.2. The Labute approximate surface area is 85.1 Å². The molecule has 1 saturated carbocycles. The van der Waals surface area contributed by atoms with Gasteiger partial charge in [0, 0.05) is 5.41 Å². The highest BCUT2D eigenvalue weighted by Crippen LogP contribution is 2.50. The third-order valence-corrected chi connectivity index (χ3v) is 3.07. The molecule has 1 aromatic rings. The molecule has 0 spiro atoms. The number of benzene rings is 1. The van der Waals surface area contributed by atoms with E-state index in [4.69, 9.17) is 0 Å². The van der Waals surface area contributed by atoms with Gasteiger partial charge in [0.25, 0.3) is 0 Å². The fourth-order valence-corrected chi connectivity index (χ4v) is 1.69. The molecule has 1 aromatic carbocycles. The maximum atomic E-state index is 9.57. The van der Waals surface area contributed by atoms with Gasteiger partial charge in [0.2, 0.25) is 0 Å². The van der Waals surface area contributed by atoms with Gasteiger partial charge < -0.3 is 5.11 Å². The lowest BCUT2D eigenvalue weighted by atomic mass is 9.99. The number of rotatable bonds is 3. The highest BCUT2D eigenvalue weighted by Gasteiger charge is 2.44. The predicted molar refractivity (Wildman–Crippen MR) is 58.8 cm³/mol. The van der Waals surface area contributed by atoms with Gasteiger partial charge in [-0.2, -0.15) is 0 Å². The van der Waals surface area contributed by atoms with Crippen LogP contribution < -0.4 is 0 Å². The standard InChI is InChI=1S/C13H16O/c1-11(14)13(9-10-13)8-7-12-5-3-2-4-6-12/h2-8,11,14H,9-10H2,1H3/b8-7+. The van der Waals surface area contributed by atoms with Crippen molar-refractivity contribution in [2.45, 2.75) is 25.9 Å². The average molecular weight is 188 g/mol. The van der Waals surface area contributed by atoms with Crippen LogP contribution in [0.4, 0.5) is 0 Å². The number of aliphatic hydroxyl groups is 1. The molecule has 0 heterocycles. The van der Waals surface area contributed by atoms with Crippen LogP contribution in [0.1, 0.15) is 25.3 Å². The van der Waals surface area contributed by atoms with E-state index >= 15 is 0 Å². The molecule has 0 saturated heterocycles. The molecule has 14 heavy (non-hydrogen) atoms. The predicted octanol–water partition coefficient (Wildman–Crippen LogP) is 2.86. The number of hydrogen-bond donors (Lipinski definition) is 1. The van der Waals surface area contributed by atoms with Gasteiger partial charge in [0.05, 0.1) is 6.10 Å². The van der Waals surface area contributed by atoms with Crippen molar-refractivity contribution in [2.24, 2.45) is 5.41 Å². The zero-order valence-corrected chi connectivity index (χ0v) is 8.48. The molecule has 1 fully saturated rings. The van der Waals surface area contributed by atoms with Gasteiger partial charge in [-0.1, -0.05) is 42.5 Å². The van der Waals surface area contributed by atoms with Crippen molar-refractivity contribution < 1.29 is 5.11 Å². The first kappa shape index (κ1) is 9.47. The molecule has 0 bridgehead atoms. The van der Waals surface area contributed by atoms with Gasteiger partial charge in [-0.3, -0.25) is 0 Å². The van der Waals surface area contributed by atoms with Gasteiger partial charge in [-0.05, 0) is 25.3 Å². The van der Waals surface area contributed by atoms with E-state index < -0.39 is 0 Å². The van der Waals surface area contributed by atoms with E-state index in [9.17, 15) is 5.11 Å². The Bertz CT molecular complexity index is 320. The maximum Gasteiger partial charge on any atom is 0.0602 e. The Morgan fingerprint density at radius 2 is 1.93 bits per heavy atom. The van der Waals surface area contributed by atoms with E-state index in [1.807, 2.05) is 25.1 Å². The van der Waals surface area contributed by atoms with E-state index in [0.29, 0.717) is 0 Å². The van der Waals surface area contributed by atoms with Crippen molar-refractivity contribution >= 4 is 6.08 Å². The smallest absolute Gasteiger partial charge is 0.0602 e. The first-order valence-corrected chi connectivity index (χ1v) is 5.15. The second kappa shape index (κ2) is 3.58. The van der Waals surface area contributed by atoms with E-state index in [2.05, 4.69) is 24.3 Å². The van der Waals surface area contributed by atoms with Crippen LogP contribution in [0.5, 0.6) is 0 Å². The Balaban J connectivity index is 2.08. The minimum atomic E-state index is -0.220. The van der Waals surface area contributed by atoms with Crippen molar-refractivity contribution in [3.05, 3.63) is 42.0 Å². The van der Waals surface area contributed by atoms with Crippen molar-refractivity contribution in [2.75, 3.05) is 0 Å². The summed E-state index contributed by atoms with van der Waals surface area (Å²) in [5, 5.41) is 9.57. The number of aliphatic hydroxyl groups excluding tert-OH is 1. The first-order valence-electron chi connectivity index (χ1n) is 5.15. The summed E-state index contributed by atoms with van der Waals surface area (Å²) < 4.78 is 0. The van der Waals surface area contributed by atoms with Crippen LogP contribution in [0.15, 0.2) is 36.4 Å². The molecule has 0 amide bonds. The fraction of sp³-hybridized carbons (Fsp3) is 0.385. The molecular formula is C13H16O. The van der Waals surface area contributed by atoms with Crippen LogP contribution in [0.3, 0.4) is 0 Å². The molecule has 1 nitrogen and oxygen atoms in total. The quantitative estimate of drug-likeness (QED) is 0.773. The van der Waals surface area contributed by atoms with Crippen molar-refractivity contribution in [3.8, 4) is 0 Å². The number of hydrogen-bond acceptors (Lipinski definition) is 1. The minimum Gasteiger partial charge on any atom is -0.393 e. The lowest BCUT2D eigenvalue weighted by Gasteiger charge is -2.12. The summed E-state index contributed by atoms with van der Waals surface area (Å²) in [5.74, 6) is 0. The molecule has 0 aromatic heterocycles. The third kappa shape index (κ3) is 1.88. The molecule has 0 aliphatic heterocycles. The van der Waals surface area contributed by atoms with Gasteiger partial charge in [-0.25, -0.2) is 0 Å². The summed E-state index contributed by atoms with van der Waals surface area (Å²) in [7, 11) is 0. The summed E-state index contributed by atoms with van der Waals surface area (Å²) >= 11 is 0. The molecule has 1 N–H and O–H groups in total. The van der Waals surface area contributed by atoms with Crippen LogP contribution >= 0.6 is 0 Å². The van der Waals surface area contributed by atoms with Gasteiger partial charge in [0.1, 0.15) is 0 Å². The largest absolute Gasteiger partial charge is 0.393 e. The minimum absolute atomic E-state index is 0.0792. The Morgan fingerprint density at radius 1 is 1.29 bits per heavy atom. The zero-order valence-electron chi connectivity index (χ0n) is 8.48. The van der Waals surface area contributed by atoms with Crippen LogP contribution in [0, 0.1) is 5.41 Å². The van der Waals surface area contributed by atoms with Gasteiger partial charge in [0.15, 0.2) is 0 Å². The molecule has 1 atom stereocenters. The SMILES string of the molecule is CC(O)C1(/C=C/c2ccccc2)CC1. The van der Waals surface area contributed by atoms with E-state index in [1.54, 1.807) is 0 Å². The Morgan fingerprint density at radius 3 is 2.43 bits per heavy atom. The van der Waals surface area contributed by atoms with Crippen molar-refractivity contribution in [1.82, 2.24) is 0 Å². The topological polar surface area (TPSA) is 20.2 Å². The highest BCUT2D eigenvalue weighted by molar-refractivity contribution is 5.50. The molecule has 74 valence electrons. The third-order valence-electron chi connectivity index (χ3n) is 3.07. The Kier molecular flexibility index (Phi) is 2.42. The lowest BCUT2D eigenvalue weighted by Crippen LogP contribution is -2.14. The van der Waals surface area contributed by atoms with Gasteiger partial charge >= 0.3 is 0 Å². The van der Waals surface area contributed by atoms with Crippen LogP contribution in [-0.4, -0.2) is 11.2 Å². The summed E-state index contributed by atoms with van der Waals surface area (Å²) in [4.78, 5) is 0. The normalized spacial score (nSPS) is 21.0. The second-order valence-corrected chi connectivity index (χ2v) is 4.15. The average Bonchev–Trinajstić information content (AvgIpc) is 2.97. The van der Waals surface area contributed by atoms with Gasteiger partial charge in [-0.15, -0.1) is 0 Å². The fourth-order valence-electron chi connectivity index (χ4n) is 1.69.